The summed E-state index contributed by atoms with van der Waals surface area (Å²) in [7, 11) is 0. The van der Waals surface area contributed by atoms with E-state index >= 15 is 0 Å². The van der Waals surface area contributed by atoms with Gasteiger partial charge in [0.25, 0.3) is 0 Å². The van der Waals surface area contributed by atoms with Crippen LogP contribution in [0, 0.1) is 0 Å². The van der Waals surface area contributed by atoms with Gasteiger partial charge in [0.2, 0.25) is 11.2 Å². The summed E-state index contributed by atoms with van der Waals surface area (Å²) in [5.74, 6) is 0. The topological polar surface area (TPSA) is 3.88 Å². The molecule has 0 aliphatic carbocycles. The van der Waals surface area contributed by atoms with Crippen molar-refractivity contribution in [3.8, 4) is 27.9 Å². The highest BCUT2D eigenvalue weighted by atomic mass is 35.5. The molecule has 0 amide bonds. The molecular weight excluding hydrogens is 574 g/mol. The minimum Gasteiger partial charge on any atom is -1.00 e. The fraction of sp³-hybridized carbons (Fsp3) is 0.488. The van der Waals surface area contributed by atoms with Crippen molar-refractivity contribution in [3.05, 3.63) is 93.4 Å². The fourth-order valence-electron chi connectivity index (χ4n) is 5.37. The summed E-state index contributed by atoms with van der Waals surface area (Å²) in [4.78, 5) is 1.38. The molecule has 0 aliphatic rings. The second-order valence-corrected chi connectivity index (χ2v) is 18.6. The van der Waals surface area contributed by atoms with Crippen molar-refractivity contribution in [2.75, 3.05) is 0 Å². The van der Waals surface area contributed by atoms with Crippen molar-refractivity contribution in [2.45, 2.75) is 131 Å². The first-order valence-electron chi connectivity index (χ1n) is 15.9. The van der Waals surface area contributed by atoms with Crippen LogP contribution in [0.5, 0.6) is 0 Å². The molecule has 44 heavy (non-hydrogen) atoms. The molecule has 4 aromatic rings. The fourth-order valence-corrected chi connectivity index (χ4v) is 6.30. The zero-order chi connectivity index (χ0) is 32.3. The molecule has 3 aromatic carbocycles. The van der Waals surface area contributed by atoms with E-state index in [0.717, 1.165) is 0 Å². The van der Waals surface area contributed by atoms with Gasteiger partial charge in [-0.15, -0.1) is 0 Å². The van der Waals surface area contributed by atoms with Gasteiger partial charge >= 0.3 is 0 Å². The first-order chi connectivity index (χ1) is 19.5. The number of benzene rings is 3. The minimum atomic E-state index is 0. The zero-order valence-corrected chi connectivity index (χ0v) is 31.7. The van der Waals surface area contributed by atoms with Crippen molar-refractivity contribution < 1.29 is 17.0 Å². The quantitative estimate of drug-likeness (QED) is 0.199. The second-order valence-electron chi connectivity index (χ2n) is 17.7. The smallest absolute Gasteiger partial charge is 0.230 e. The Hall–Kier alpha value is -2.42. The maximum absolute atomic E-state index is 2.43. The van der Waals surface area contributed by atoms with Gasteiger partial charge in [0, 0.05) is 5.41 Å². The Morgan fingerprint density at radius 3 is 1.09 bits per heavy atom. The zero-order valence-electron chi connectivity index (χ0n) is 30.1. The molecular formula is C41H56ClNS. The summed E-state index contributed by atoms with van der Waals surface area (Å²) in [5.41, 5.74) is 14.5. The SMILES string of the molecule is CC(C)(C)c1cc(-c2cccc(-c3cc(C(C)(C)C)cc(C(C)(C)C)c3)c2-[n+]2csc(C(C)(C)C)c2)cc(C(C)(C)C)c1.[Cl-]. The molecule has 0 atom stereocenters. The van der Waals surface area contributed by atoms with Gasteiger partial charge in [-0.2, -0.15) is 4.57 Å². The standard InChI is InChI=1S/C41H56NS.ClH/c1-37(2,3)29-19-27(20-30(23-29)38(4,5)6)33-17-16-18-34(36(33)42-25-35(43-26-42)41(13,14)15)28-21-31(39(7,8)9)24-32(22-28)40(10,11)12;/h16-26H,1-15H3;1H/q+1;/p-1. The Kier molecular flexibility index (Phi) is 9.89. The Balaban J connectivity index is 0.00000529. The third kappa shape index (κ3) is 7.86. The van der Waals surface area contributed by atoms with Gasteiger partial charge < -0.3 is 12.4 Å². The maximum Gasteiger partial charge on any atom is 0.230 e. The van der Waals surface area contributed by atoms with Crippen molar-refractivity contribution in [1.29, 1.82) is 0 Å². The summed E-state index contributed by atoms with van der Waals surface area (Å²) >= 11 is 1.85. The molecule has 0 saturated carbocycles. The Labute approximate surface area is 279 Å². The average Bonchev–Trinajstić information content (AvgIpc) is 3.36. The van der Waals surface area contributed by atoms with Crippen LogP contribution in [0.4, 0.5) is 0 Å². The third-order valence-corrected chi connectivity index (χ3v) is 9.84. The van der Waals surface area contributed by atoms with E-state index in [1.807, 2.05) is 11.3 Å². The number of halogens is 1. The van der Waals surface area contributed by atoms with Crippen molar-refractivity contribution in [3.63, 3.8) is 0 Å². The molecule has 4 rings (SSSR count). The van der Waals surface area contributed by atoms with Crippen LogP contribution in [0.2, 0.25) is 0 Å². The van der Waals surface area contributed by atoms with Crippen LogP contribution in [0.15, 0.2) is 66.3 Å². The van der Waals surface area contributed by atoms with Gasteiger partial charge in [-0.1, -0.05) is 158 Å². The van der Waals surface area contributed by atoms with Crippen LogP contribution >= 0.6 is 11.3 Å². The number of thiazole rings is 1. The van der Waals surface area contributed by atoms with Crippen LogP contribution in [0.25, 0.3) is 27.9 Å². The van der Waals surface area contributed by atoms with E-state index in [1.165, 1.54) is 55.1 Å². The minimum absolute atomic E-state index is 0. The van der Waals surface area contributed by atoms with Gasteiger partial charge in [-0.3, -0.25) is 0 Å². The molecule has 0 spiro atoms. The van der Waals surface area contributed by atoms with E-state index in [9.17, 15) is 0 Å². The summed E-state index contributed by atoms with van der Waals surface area (Å²) in [6.07, 6.45) is 2.36. The first kappa shape index (κ1) is 36.1. The number of nitrogens with zero attached hydrogens (tertiary/aromatic N) is 1. The first-order valence-corrected chi connectivity index (χ1v) is 16.8. The Morgan fingerprint density at radius 2 is 0.818 bits per heavy atom. The molecule has 0 aliphatic heterocycles. The second kappa shape index (κ2) is 12.1. The van der Waals surface area contributed by atoms with Gasteiger partial charge in [0.15, 0.2) is 6.20 Å². The van der Waals surface area contributed by atoms with Crippen molar-refractivity contribution >= 4 is 11.3 Å². The van der Waals surface area contributed by atoms with Gasteiger partial charge in [-0.25, -0.2) is 0 Å². The predicted octanol–water partition coefficient (Wildman–Crippen LogP) is 8.85. The normalized spacial score (nSPS) is 13.2. The lowest BCUT2D eigenvalue weighted by atomic mass is 9.77. The van der Waals surface area contributed by atoms with Crippen LogP contribution in [0.3, 0.4) is 0 Å². The van der Waals surface area contributed by atoms with E-state index in [0.29, 0.717) is 0 Å². The van der Waals surface area contributed by atoms with Crippen LogP contribution in [0.1, 0.15) is 131 Å². The lowest BCUT2D eigenvalue weighted by Gasteiger charge is -2.27. The molecule has 1 heterocycles. The summed E-state index contributed by atoms with van der Waals surface area (Å²) in [6, 6.07) is 21.5. The Bertz CT molecular complexity index is 1460. The van der Waals surface area contributed by atoms with Gasteiger partial charge in [0.1, 0.15) is 0 Å². The molecule has 0 bridgehead atoms. The van der Waals surface area contributed by atoms with E-state index in [-0.39, 0.29) is 39.5 Å². The molecule has 3 heteroatoms. The van der Waals surface area contributed by atoms with Crippen LogP contribution in [-0.2, 0) is 27.1 Å². The highest BCUT2D eigenvalue weighted by molar-refractivity contribution is 7.09. The van der Waals surface area contributed by atoms with Crippen molar-refractivity contribution in [1.82, 2.24) is 0 Å². The summed E-state index contributed by atoms with van der Waals surface area (Å²) in [5, 5.41) is 0. The van der Waals surface area contributed by atoms with E-state index in [1.54, 1.807) is 0 Å². The summed E-state index contributed by atoms with van der Waals surface area (Å²) < 4.78 is 2.40. The molecule has 1 nitrogen and oxygen atoms in total. The summed E-state index contributed by atoms with van der Waals surface area (Å²) in [6.45, 7) is 34.8. The molecule has 238 valence electrons. The average molecular weight is 630 g/mol. The molecule has 0 radical (unpaired) electrons. The highest BCUT2D eigenvalue weighted by Gasteiger charge is 2.29. The number of aromatic nitrogens is 1. The molecule has 0 saturated heterocycles. The van der Waals surface area contributed by atoms with E-state index < -0.39 is 0 Å². The van der Waals surface area contributed by atoms with Crippen LogP contribution in [-0.4, -0.2) is 0 Å². The van der Waals surface area contributed by atoms with Gasteiger partial charge in [0.05, 0.1) is 16.0 Å². The number of hydrogen-bond acceptors (Lipinski definition) is 1. The lowest BCUT2D eigenvalue weighted by Crippen LogP contribution is -3.00. The third-order valence-electron chi connectivity index (χ3n) is 8.54. The van der Waals surface area contributed by atoms with E-state index in [2.05, 4.69) is 175 Å². The highest BCUT2D eigenvalue weighted by Crippen LogP contribution is 2.41. The largest absolute Gasteiger partial charge is 1.00 e. The molecule has 1 aromatic heterocycles. The lowest BCUT2D eigenvalue weighted by molar-refractivity contribution is -0.589. The number of para-hydroxylation sites is 1. The molecule has 0 N–H and O–H groups in total. The molecule has 0 unspecified atom stereocenters. The van der Waals surface area contributed by atoms with Crippen LogP contribution < -0.4 is 17.0 Å². The van der Waals surface area contributed by atoms with Gasteiger partial charge in [-0.05, 0) is 67.2 Å². The van der Waals surface area contributed by atoms with E-state index in [4.69, 9.17) is 0 Å². The predicted molar refractivity (Wildman–Crippen MR) is 190 cm³/mol. The number of rotatable bonds is 3. The molecule has 0 fully saturated rings. The monoisotopic (exact) mass is 629 g/mol. The van der Waals surface area contributed by atoms with Crippen molar-refractivity contribution in [2.24, 2.45) is 0 Å². The maximum atomic E-state index is 2.43. The Morgan fingerprint density at radius 1 is 0.477 bits per heavy atom. The number of hydrogen-bond donors (Lipinski definition) is 0.